The van der Waals surface area contributed by atoms with Gasteiger partial charge >= 0.3 is 0 Å². The maximum Gasteiger partial charge on any atom is 0.145 e. The van der Waals surface area contributed by atoms with Crippen LogP contribution in [-0.2, 0) is 4.79 Å². The number of likely N-dealkylation sites (N-methyl/N-ethyl adjacent to an activating group) is 1. The van der Waals surface area contributed by atoms with E-state index < -0.39 is 5.97 Å². The second-order valence-electron chi connectivity index (χ2n) is 4.74. The quantitative estimate of drug-likeness (QED) is 0.386. The summed E-state index contributed by atoms with van der Waals surface area (Å²) >= 11 is 0. The number of hydrogen-bond donors (Lipinski definition) is 1. The standard InChI is InChI=1S/C12H23NO3/c1-4-5-6-7-8-11(14)9-13(2,3)10-12(15)16/h9H,4-8,10H2,1-3H3,(H-,14,15,16)/b11-9-. The molecule has 4 heteroatoms. The Kier molecular flexibility index (Phi) is 6.81. The number of hydrogen-bond acceptors (Lipinski definition) is 3. The molecule has 16 heavy (non-hydrogen) atoms. The molecule has 0 saturated carbocycles. The van der Waals surface area contributed by atoms with Gasteiger partial charge in [-0.05, 0) is 6.42 Å². The molecule has 0 aromatic carbocycles. The maximum absolute atomic E-state index is 10.5. The van der Waals surface area contributed by atoms with Crippen LogP contribution in [0.3, 0.4) is 0 Å². The molecule has 0 aromatic heterocycles. The van der Waals surface area contributed by atoms with Gasteiger partial charge in [-0.25, -0.2) is 0 Å². The Bertz CT molecular complexity index is 247. The van der Waals surface area contributed by atoms with Crippen LogP contribution in [0, 0.1) is 0 Å². The number of allylic oxidation sites excluding steroid dienone is 1. The molecular formula is C12H23NO3. The van der Waals surface area contributed by atoms with Crippen LogP contribution in [0.25, 0.3) is 0 Å². The van der Waals surface area contributed by atoms with E-state index >= 15 is 0 Å². The molecule has 0 aromatic rings. The Morgan fingerprint density at radius 2 is 1.94 bits per heavy atom. The molecule has 0 heterocycles. The highest BCUT2D eigenvalue weighted by Crippen LogP contribution is 2.10. The first-order valence-electron chi connectivity index (χ1n) is 5.80. The Labute approximate surface area is 97.8 Å². The zero-order valence-electron chi connectivity index (χ0n) is 10.5. The maximum atomic E-state index is 10.5. The number of unbranched alkanes of at least 4 members (excludes halogenated alkanes) is 3. The molecule has 94 valence electrons. The number of aliphatic hydroxyl groups excluding tert-OH is 1. The van der Waals surface area contributed by atoms with E-state index in [0.717, 1.165) is 19.3 Å². The van der Waals surface area contributed by atoms with Gasteiger partial charge in [0.1, 0.15) is 18.5 Å². The van der Waals surface area contributed by atoms with Gasteiger partial charge in [-0.2, -0.15) is 0 Å². The van der Waals surface area contributed by atoms with E-state index in [2.05, 4.69) is 6.92 Å². The number of quaternary nitrogens is 1. The minimum absolute atomic E-state index is 0.113. The van der Waals surface area contributed by atoms with E-state index in [1.54, 1.807) is 20.3 Å². The zero-order chi connectivity index (χ0) is 12.6. The van der Waals surface area contributed by atoms with Crippen molar-refractivity contribution in [3.63, 3.8) is 0 Å². The van der Waals surface area contributed by atoms with Gasteiger partial charge in [0.25, 0.3) is 0 Å². The molecule has 1 N–H and O–H groups in total. The number of aliphatic carboxylic acids is 1. The summed E-state index contributed by atoms with van der Waals surface area (Å²) in [6, 6.07) is 0. The van der Waals surface area contributed by atoms with Crippen molar-refractivity contribution in [2.24, 2.45) is 0 Å². The molecular weight excluding hydrogens is 206 g/mol. The van der Waals surface area contributed by atoms with Crippen LogP contribution in [-0.4, -0.2) is 36.2 Å². The van der Waals surface area contributed by atoms with Crippen molar-refractivity contribution in [1.29, 1.82) is 0 Å². The number of aliphatic hydroxyl groups is 1. The van der Waals surface area contributed by atoms with Crippen LogP contribution in [0.5, 0.6) is 0 Å². The van der Waals surface area contributed by atoms with E-state index in [9.17, 15) is 15.0 Å². The second-order valence-corrected chi connectivity index (χ2v) is 4.74. The summed E-state index contributed by atoms with van der Waals surface area (Å²) in [6.07, 6.45) is 6.57. The third-order valence-corrected chi connectivity index (χ3v) is 2.32. The first-order valence-corrected chi connectivity index (χ1v) is 5.80. The van der Waals surface area contributed by atoms with Gasteiger partial charge in [0.05, 0.1) is 20.1 Å². The van der Waals surface area contributed by atoms with Crippen LogP contribution in [0.4, 0.5) is 0 Å². The molecule has 0 rings (SSSR count). The Morgan fingerprint density at radius 1 is 1.31 bits per heavy atom. The number of carbonyl (C=O) groups is 1. The van der Waals surface area contributed by atoms with Crippen molar-refractivity contribution in [3.05, 3.63) is 12.0 Å². The fourth-order valence-corrected chi connectivity index (χ4v) is 1.58. The van der Waals surface area contributed by atoms with Gasteiger partial charge < -0.3 is 15.0 Å². The van der Waals surface area contributed by atoms with Gasteiger partial charge in [-0.1, -0.05) is 26.2 Å². The molecule has 0 aliphatic rings. The van der Waals surface area contributed by atoms with Crippen LogP contribution >= 0.6 is 0 Å². The molecule has 0 bridgehead atoms. The van der Waals surface area contributed by atoms with Gasteiger partial charge in [-0.15, -0.1) is 0 Å². The Morgan fingerprint density at radius 3 is 2.44 bits per heavy atom. The Hall–Kier alpha value is -1.03. The molecule has 0 atom stereocenters. The summed E-state index contributed by atoms with van der Waals surface area (Å²) in [7, 11) is 3.44. The second kappa shape index (κ2) is 7.28. The predicted octanol–water partition coefficient (Wildman–Crippen LogP) is 1.18. The minimum atomic E-state index is -1.11. The highest BCUT2D eigenvalue weighted by Gasteiger charge is 2.13. The van der Waals surface area contributed by atoms with Crippen molar-refractivity contribution >= 4 is 5.97 Å². The third kappa shape index (κ3) is 8.29. The molecule has 0 saturated heterocycles. The SMILES string of the molecule is CCCCCC/C(O)=C/[N+](C)(C)CC(=O)[O-]. The monoisotopic (exact) mass is 229 g/mol. The fraction of sp³-hybridized carbons (Fsp3) is 0.750. The van der Waals surface area contributed by atoms with Crippen LogP contribution in [0.15, 0.2) is 12.0 Å². The van der Waals surface area contributed by atoms with Crippen molar-refractivity contribution in [3.8, 4) is 0 Å². The van der Waals surface area contributed by atoms with Gasteiger partial charge in [0, 0.05) is 6.42 Å². The van der Waals surface area contributed by atoms with E-state index in [0.29, 0.717) is 6.42 Å². The van der Waals surface area contributed by atoms with Gasteiger partial charge in [0.15, 0.2) is 0 Å². The van der Waals surface area contributed by atoms with Crippen LogP contribution < -0.4 is 5.11 Å². The predicted molar refractivity (Wildman–Crippen MR) is 61.5 cm³/mol. The number of nitrogens with zero attached hydrogens (tertiary/aromatic N) is 1. The lowest BCUT2D eigenvalue weighted by molar-refractivity contribution is -0.834. The molecule has 0 radical (unpaired) electrons. The summed E-state index contributed by atoms with van der Waals surface area (Å²) in [4.78, 5) is 10.5. The molecule has 0 fully saturated rings. The summed E-state index contributed by atoms with van der Waals surface area (Å²) in [5.74, 6) is -0.845. The lowest BCUT2D eigenvalue weighted by Gasteiger charge is -2.25. The number of carbonyl (C=O) groups excluding carboxylic acids is 1. The minimum Gasteiger partial charge on any atom is -0.544 e. The average Bonchev–Trinajstić information content (AvgIpc) is 2.09. The molecule has 0 unspecified atom stereocenters. The van der Waals surface area contributed by atoms with Gasteiger partial charge in [0.2, 0.25) is 0 Å². The van der Waals surface area contributed by atoms with Crippen molar-refractivity contribution < 1.29 is 19.5 Å². The summed E-state index contributed by atoms with van der Waals surface area (Å²) < 4.78 is 0.113. The van der Waals surface area contributed by atoms with E-state index in [-0.39, 0.29) is 16.8 Å². The van der Waals surface area contributed by atoms with Crippen molar-refractivity contribution in [2.75, 3.05) is 20.6 Å². The first kappa shape index (κ1) is 15.0. The number of carboxylic acids is 1. The highest BCUT2D eigenvalue weighted by atomic mass is 16.4. The molecule has 0 aliphatic heterocycles. The summed E-state index contributed by atoms with van der Waals surface area (Å²) in [6.45, 7) is 2.01. The van der Waals surface area contributed by atoms with E-state index in [4.69, 9.17) is 0 Å². The molecule has 0 amide bonds. The van der Waals surface area contributed by atoms with Crippen molar-refractivity contribution in [2.45, 2.75) is 39.0 Å². The van der Waals surface area contributed by atoms with Crippen LogP contribution in [0.1, 0.15) is 39.0 Å². The summed E-state index contributed by atoms with van der Waals surface area (Å²) in [5, 5.41) is 20.1. The first-order chi connectivity index (χ1) is 7.37. The van der Waals surface area contributed by atoms with E-state index in [1.165, 1.54) is 6.42 Å². The molecule has 0 spiro atoms. The lowest BCUT2D eigenvalue weighted by Crippen LogP contribution is -2.44. The fourth-order valence-electron chi connectivity index (χ4n) is 1.58. The molecule has 4 nitrogen and oxygen atoms in total. The largest absolute Gasteiger partial charge is 0.544 e. The topological polar surface area (TPSA) is 60.4 Å². The number of carboxylic acid groups (broad SMARTS) is 1. The Balaban J connectivity index is 4.03. The third-order valence-electron chi connectivity index (χ3n) is 2.32. The molecule has 0 aliphatic carbocycles. The number of rotatable bonds is 8. The van der Waals surface area contributed by atoms with E-state index in [1.807, 2.05) is 0 Å². The zero-order valence-corrected chi connectivity index (χ0v) is 10.5. The highest BCUT2D eigenvalue weighted by molar-refractivity contribution is 5.65. The summed E-state index contributed by atoms with van der Waals surface area (Å²) in [5.41, 5.74) is 0. The van der Waals surface area contributed by atoms with Gasteiger partial charge in [-0.3, -0.25) is 4.48 Å². The van der Waals surface area contributed by atoms with Crippen molar-refractivity contribution in [1.82, 2.24) is 0 Å². The van der Waals surface area contributed by atoms with Crippen LogP contribution in [0.2, 0.25) is 0 Å². The normalized spacial score (nSPS) is 12.8. The lowest BCUT2D eigenvalue weighted by atomic mass is 10.1. The average molecular weight is 229 g/mol. The smallest absolute Gasteiger partial charge is 0.145 e.